The van der Waals surface area contributed by atoms with Gasteiger partial charge in [-0.05, 0) is 43.5 Å². The number of methoxy groups -OCH3 is 1. The quantitative estimate of drug-likeness (QED) is 0.148. The molecule has 0 bridgehead atoms. The fourth-order valence-electron chi connectivity index (χ4n) is 4.45. The molecule has 0 N–H and O–H groups in total. The normalized spacial score (nSPS) is 12.8. The Hall–Kier alpha value is -3.49. The summed E-state index contributed by atoms with van der Waals surface area (Å²) in [7, 11) is 1.55. The predicted molar refractivity (Wildman–Crippen MR) is 141 cm³/mol. The molecule has 1 unspecified atom stereocenters. The first kappa shape index (κ1) is 28.1. The van der Waals surface area contributed by atoms with Gasteiger partial charge in [-0.15, -0.1) is 0 Å². The number of ether oxygens (including phenoxy) is 4. The lowest BCUT2D eigenvalue weighted by atomic mass is 9.96. The molecule has 37 heavy (non-hydrogen) atoms. The van der Waals surface area contributed by atoms with Crippen molar-refractivity contribution in [2.24, 2.45) is 0 Å². The number of amides is 1. The maximum Gasteiger partial charge on any atom is 0.410 e. The van der Waals surface area contributed by atoms with Crippen molar-refractivity contribution in [2.45, 2.75) is 71.8 Å². The van der Waals surface area contributed by atoms with Crippen LogP contribution in [0.2, 0.25) is 0 Å². The number of carbonyl (C=O) groups is 1. The topological polar surface area (TPSA) is 100 Å². The molecule has 0 saturated carbocycles. The molecular weight excluding hydrogens is 476 g/mol. The Balaban J connectivity index is 1.92. The number of hydrogen-bond acceptors (Lipinski definition) is 7. The van der Waals surface area contributed by atoms with E-state index in [1.807, 2.05) is 0 Å². The van der Waals surface area contributed by atoms with Crippen LogP contribution < -0.4 is 14.2 Å². The summed E-state index contributed by atoms with van der Waals surface area (Å²) in [6.45, 7) is 7.08. The Kier molecular flexibility index (Phi) is 10.4. The third kappa shape index (κ3) is 7.05. The van der Waals surface area contributed by atoms with Crippen molar-refractivity contribution in [3.63, 3.8) is 0 Å². The number of hydrogen-bond donors (Lipinski definition) is 0. The molecule has 3 rings (SSSR count). The average Bonchev–Trinajstić information content (AvgIpc) is 3.37. The monoisotopic (exact) mass is 514 g/mol. The van der Waals surface area contributed by atoms with Crippen LogP contribution >= 0.6 is 0 Å². The number of benzene rings is 2. The summed E-state index contributed by atoms with van der Waals surface area (Å²) in [4.78, 5) is 26.8. The largest absolute Gasteiger partial charge is 0.497 e. The molecule has 2 aromatic rings. The Bertz CT molecular complexity index is 1060. The second-order valence-electron chi connectivity index (χ2n) is 9.19. The lowest BCUT2D eigenvalue weighted by Gasteiger charge is -2.25. The predicted octanol–water partition coefficient (Wildman–Crippen LogP) is 7.27. The molecule has 0 saturated heterocycles. The average molecular weight is 515 g/mol. The molecule has 0 aromatic heterocycles. The van der Waals surface area contributed by atoms with E-state index in [0.29, 0.717) is 41.5 Å². The minimum absolute atomic E-state index is 0.0454. The molecule has 2 aromatic carbocycles. The molecule has 1 aliphatic heterocycles. The maximum absolute atomic E-state index is 13.2. The van der Waals surface area contributed by atoms with Gasteiger partial charge in [-0.2, -0.15) is 0 Å². The van der Waals surface area contributed by atoms with Gasteiger partial charge in [0, 0.05) is 13.1 Å². The lowest BCUT2D eigenvalue weighted by Crippen LogP contribution is -2.34. The Morgan fingerprint density at radius 1 is 1.05 bits per heavy atom. The van der Waals surface area contributed by atoms with E-state index in [1.165, 1.54) is 0 Å². The highest BCUT2D eigenvalue weighted by Gasteiger charge is 2.35. The zero-order valence-corrected chi connectivity index (χ0v) is 22.3. The van der Waals surface area contributed by atoms with Crippen LogP contribution in [0.1, 0.15) is 77.4 Å². The van der Waals surface area contributed by atoms with Crippen molar-refractivity contribution in [3.05, 3.63) is 46.0 Å². The minimum Gasteiger partial charge on any atom is -0.497 e. The summed E-state index contributed by atoms with van der Waals surface area (Å²) in [5.74, 6) is 1.31. The van der Waals surface area contributed by atoms with Crippen LogP contribution in [-0.2, 0) is 4.74 Å². The van der Waals surface area contributed by atoms with Gasteiger partial charge < -0.3 is 23.8 Å². The molecule has 0 spiro atoms. The zero-order valence-electron chi connectivity index (χ0n) is 22.3. The van der Waals surface area contributed by atoms with Crippen LogP contribution in [0.15, 0.2) is 30.3 Å². The van der Waals surface area contributed by atoms with Crippen LogP contribution in [0.5, 0.6) is 17.2 Å². The highest BCUT2D eigenvalue weighted by atomic mass is 16.7. The minimum atomic E-state index is -0.872. The van der Waals surface area contributed by atoms with Gasteiger partial charge in [0.25, 0.3) is 5.69 Å². The van der Waals surface area contributed by atoms with Gasteiger partial charge in [0.1, 0.15) is 17.4 Å². The van der Waals surface area contributed by atoms with Crippen LogP contribution in [0.25, 0.3) is 11.1 Å². The summed E-state index contributed by atoms with van der Waals surface area (Å²) >= 11 is 0. The van der Waals surface area contributed by atoms with E-state index in [0.717, 1.165) is 44.9 Å². The number of rotatable bonds is 14. The van der Waals surface area contributed by atoms with Gasteiger partial charge >= 0.3 is 6.09 Å². The van der Waals surface area contributed by atoms with E-state index in [4.69, 9.17) is 18.9 Å². The first-order valence-electron chi connectivity index (χ1n) is 13.1. The van der Waals surface area contributed by atoms with E-state index in [-0.39, 0.29) is 18.0 Å². The Labute approximate surface area is 218 Å². The lowest BCUT2D eigenvalue weighted by molar-refractivity contribution is -0.385. The molecule has 0 aliphatic carbocycles. The third-order valence-corrected chi connectivity index (χ3v) is 6.51. The second kappa shape index (κ2) is 13.7. The van der Waals surface area contributed by atoms with E-state index in [1.54, 1.807) is 49.3 Å². The Morgan fingerprint density at radius 3 is 2.32 bits per heavy atom. The van der Waals surface area contributed by atoms with Crippen molar-refractivity contribution in [2.75, 3.05) is 27.0 Å². The van der Waals surface area contributed by atoms with E-state index < -0.39 is 17.1 Å². The second-order valence-corrected chi connectivity index (χ2v) is 9.19. The number of carbonyl (C=O) groups excluding carboxylic acids is 1. The SMILES string of the molecule is CCCCCCN(CCCCC)C(=O)OC(C)c1cc2c(c(-c3ccc(OC)cc3)c1[N+](=O)[O-])OCO2. The highest BCUT2D eigenvalue weighted by Crippen LogP contribution is 2.50. The van der Waals surface area contributed by atoms with Crippen LogP contribution in [0, 0.1) is 10.1 Å². The molecule has 202 valence electrons. The van der Waals surface area contributed by atoms with Crippen LogP contribution in [0.4, 0.5) is 10.5 Å². The van der Waals surface area contributed by atoms with Crippen LogP contribution in [-0.4, -0.2) is 42.9 Å². The number of nitrogens with zero attached hydrogens (tertiary/aromatic N) is 2. The van der Waals surface area contributed by atoms with Crippen LogP contribution in [0.3, 0.4) is 0 Å². The summed E-state index contributed by atoms with van der Waals surface area (Å²) in [5, 5.41) is 12.4. The first-order chi connectivity index (χ1) is 17.9. The smallest absolute Gasteiger partial charge is 0.410 e. The van der Waals surface area contributed by atoms with E-state index >= 15 is 0 Å². The highest BCUT2D eigenvalue weighted by molar-refractivity contribution is 5.85. The number of fused-ring (bicyclic) bond motifs is 1. The van der Waals surface area contributed by atoms with Crippen molar-refractivity contribution in [1.29, 1.82) is 0 Å². The Morgan fingerprint density at radius 2 is 1.70 bits per heavy atom. The standard InChI is InChI=1S/C28H38N2O7/c1-5-7-9-11-17-29(16-10-8-6-2)28(31)37-20(3)23-18-24-27(36-19-35-24)25(26(23)30(32)33)21-12-14-22(34-4)15-13-21/h12-15,18,20H,5-11,16-17,19H2,1-4H3. The van der Waals surface area contributed by atoms with Gasteiger partial charge in [-0.25, -0.2) is 4.79 Å². The van der Waals surface area contributed by atoms with Gasteiger partial charge in [0.15, 0.2) is 11.5 Å². The summed E-state index contributed by atoms with van der Waals surface area (Å²) in [6, 6.07) is 8.47. The molecule has 9 nitrogen and oxygen atoms in total. The van der Waals surface area contributed by atoms with Gasteiger partial charge in [-0.3, -0.25) is 10.1 Å². The molecular formula is C28H38N2O7. The molecule has 0 fully saturated rings. The molecule has 9 heteroatoms. The first-order valence-corrected chi connectivity index (χ1v) is 13.1. The summed E-state index contributed by atoms with van der Waals surface area (Å²) in [6.07, 6.45) is 5.80. The zero-order chi connectivity index (χ0) is 26.8. The van der Waals surface area contributed by atoms with Gasteiger partial charge in [0.05, 0.1) is 17.6 Å². The molecule has 1 heterocycles. The van der Waals surface area contributed by atoms with E-state index in [2.05, 4.69) is 13.8 Å². The van der Waals surface area contributed by atoms with Crippen molar-refractivity contribution in [3.8, 4) is 28.4 Å². The molecule has 1 amide bonds. The number of unbranched alkanes of at least 4 members (excludes halogenated alkanes) is 5. The number of nitro benzene ring substituents is 1. The third-order valence-electron chi connectivity index (χ3n) is 6.51. The fraction of sp³-hybridized carbons (Fsp3) is 0.536. The van der Waals surface area contributed by atoms with E-state index in [9.17, 15) is 14.9 Å². The van der Waals surface area contributed by atoms with Crippen molar-refractivity contribution >= 4 is 11.8 Å². The van der Waals surface area contributed by atoms with Crippen molar-refractivity contribution in [1.82, 2.24) is 4.90 Å². The van der Waals surface area contributed by atoms with Crippen molar-refractivity contribution < 1.29 is 28.7 Å². The molecule has 0 radical (unpaired) electrons. The molecule has 1 aliphatic rings. The maximum atomic E-state index is 13.2. The summed E-state index contributed by atoms with van der Waals surface area (Å²) in [5.41, 5.74) is 0.953. The number of nitro groups is 1. The van der Waals surface area contributed by atoms with Gasteiger partial charge in [-0.1, -0.05) is 58.1 Å². The summed E-state index contributed by atoms with van der Waals surface area (Å²) < 4.78 is 22.3. The van der Waals surface area contributed by atoms with Gasteiger partial charge in [0.2, 0.25) is 6.79 Å². The molecule has 1 atom stereocenters. The fourth-order valence-corrected chi connectivity index (χ4v) is 4.45.